The molecule has 5 rings (SSSR count). The third-order valence-electron chi connectivity index (χ3n) is 5.24. The number of fused-ring (bicyclic) bond motifs is 1. The number of hydrogen-bond donors (Lipinski definition) is 1. The first-order valence-electron chi connectivity index (χ1n) is 10.1. The predicted molar refractivity (Wildman–Crippen MR) is 116 cm³/mol. The molecule has 0 aliphatic carbocycles. The topological polar surface area (TPSA) is 81.9 Å². The Labute approximate surface area is 177 Å². The third kappa shape index (κ3) is 4.02. The molecule has 1 N–H and O–H groups in total. The van der Waals surface area contributed by atoms with Crippen LogP contribution in [0.2, 0.25) is 0 Å². The van der Waals surface area contributed by atoms with Gasteiger partial charge in [0, 0.05) is 17.9 Å². The molecule has 1 fully saturated rings. The van der Waals surface area contributed by atoms with E-state index in [4.69, 9.17) is 4.74 Å². The molecule has 31 heavy (non-hydrogen) atoms. The standard InChI is InChI=1S/C23H20FN5O2/c24-16-10-8-15(9-11-16)20-22(30)29(14-18-7-4-12-31-18)21-19(27-20)13-25-23(28-21)26-17-5-2-1-3-6-17/h1-3,5-6,8-11,13,18H,4,7,12,14H2,(H,25,26,28)/t18-/m1/s1. The monoisotopic (exact) mass is 417 g/mol. The SMILES string of the molecule is O=c1c(-c2ccc(F)cc2)nc2cnc(Nc3ccccc3)nc2n1C[C@H]1CCCO1. The van der Waals surface area contributed by atoms with E-state index < -0.39 is 0 Å². The Morgan fingerprint density at radius 3 is 2.65 bits per heavy atom. The van der Waals surface area contributed by atoms with Gasteiger partial charge < -0.3 is 10.1 Å². The lowest BCUT2D eigenvalue weighted by Gasteiger charge is -2.16. The van der Waals surface area contributed by atoms with Crippen LogP contribution in [0, 0.1) is 5.82 Å². The summed E-state index contributed by atoms with van der Waals surface area (Å²) in [6, 6.07) is 15.3. The molecular weight excluding hydrogens is 397 g/mol. The van der Waals surface area contributed by atoms with Crippen LogP contribution in [0.5, 0.6) is 0 Å². The number of benzene rings is 2. The number of ether oxygens (including phenoxy) is 1. The van der Waals surface area contributed by atoms with Gasteiger partial charge in [0.15, 0.2) is 5.65 Å². The number of halogens is 1. The molecule has 1 saturated heterocycles. The maximum atomic E-state index is 13.4. The molecule has 0 radical (unpaired) electrons. The molecule has 4 aromatic rings. The Kier molecular flexibility index (Phi) is 5.13. The van der Waals surface area contributed by atoms with E-state index in [9.17, 15) is 9.18 Å². The van der Waals surface area contributed by atoms with Crippen LogP contribution in [-0.4, -0.2) is 32.2 Å². The van der Waals surface area contributed by atoms with Crippen molar-refractivity contribution in [3.63, 3.8) is 0 Å². The van der Waals surface area contributed by atoms with E-state index in [-0.39, 0.29) is 23.2 Å². The van der Waals surface area contributed by atoms with Crippen LogP contribution < -0.4 is 10.9 Å². The third-order valence-corrected chi connectivity index (χ3v) is 5.24. The lowest BCUT2D eigenvalue weighted by molar-refractivity contribution is 0.0971. The van der Waals surface area contributed by atoms with Crippen molar-refractivity contribution >= 4 is 22.8 Å². The van der Waals surface area contributed by atoms with Gasteiger partial charge in [0.05, 0.1) is 18.8 Å². The summed E-state index contributed by atoms with van der Waals surface area (Å²) >= 11 is 0. The van der Waals surface area contributed by atoms with Gasteiger partial charge in [-0.1, -0.05) is 18.2 Å². The van der Waals surface area contributed by atoms with Gasteiger partial charge >= 0.3 is 0 Å². The Hall–Kier alpha value is -3.65. The second-order valence-corrected chi connectivity index (χ2v) is 7.41. The molecule has 0 spiro atoms. The molecule has 2 aromatic heterocycles. The summed E-state index contributed by atoms with van der Waals surface area (Å²) in [7, 11) is 0. The lowest BCUT2D eigenvalue weighted by atomic mass is 10.1. The van der Waals surface area contributed by atoms with E-state index in [0.29, 0.717) is 35.8 Å². The van der Waals surface area contributed by atoms with Gasteiger partial charge in [-0.3, -0.25) is 9.36 Å². The minimum absolute atomic E-state index is 0.0649. The van der Waals surface area contributed by atoms with E-state index >= 15 is 0 Å². The van der Waals surface area contributed by atoms with Gasteiger partial charge in [-0.25, -0.2) is 14.4 Å². The first-order valence-corrected chi connectivity index (χ1v) is 10.1. The number of aromatic nitrogens is 4. The van der Waals surface area contributed by atoms with Crippen LogP contribution in [0.1, 0.15) is 12.8 Å². The van der Waals surface area contributed by atoms with Gasteiger partial charge in [-0.15, -0.1) is 0 Å². The number of para-hydroxylation sites is 1. The van der Waals surface area contributed by atoms with Gasteiger partial charge in [0.25, 0.3) is 5.56 Å². The zero-order valence-electron chi connectivity index (χ0n) is 16.7. The Balaban J connectivity index is 1.63. The molecule has 0 amide bonds. The summed E-state index contributed by atoms with van der Waals surface area (Å²) in [6.45, 7) is 1.05. The fourth-order valence-corrected chi connectivity index (χ4v) is 3.70. The zero-order chi connectivity index (χ0) is 21.2. The summed E-state index contributed by atoms with van der Waals surface area (Å²) in [5, 5.41) is 3.15. The number of hydrogen-bond acceptors (Lipinski definition) is 6. The molecule has 156 valence electrons. The minimum atomic E-state index is -0.371. The van der Waals surface area contributed by atoms with Crippen LogP contribution >= 0.6 is 0 Å². The highest BCUT2D eigenvalue weighted by Gasteiger charge is 2.21. The van der Waals surface area contributed by atoms with Crippen molar-refractivity contribution in [2.24, 2.45) is 0 Å². The van der Waals surface area contributed by atoms with Crippen LogP contribution in [-0.2, 0) is 11.3 Å². The highest BCUT2D eigenvalue weighted by atomic mass is 19.1. The maximum absolute atomic E-state index is 13.4. The van der Waals surface area contributed by atoms with Crippen molar-refractivity contribution < 1.29 is 9.13 Å². The molecule has 2 aromatic carbocycles. The van der Waals surface area contributed by atoms with Crippen molar-refractivity contribution in [3.05, 3.63) is 77.0 Å². The van der Waals surface area contributed by atoms with Gasteiger partial charge in [-0.2, -0.15) is 4.98 Å². The lowest BCUT2D eigenvalue weighted by Crippen LogP contribution is -2.29. The van der Waals surface area contributed by atoms with Crippen molar-refractivity contribution in [2.75, 3.05) is 11.9 Å². The molecule has 8 heteroatoms. The second kappa shape index (κ2) is 8.23. The summed E-state index contributed by atoms with van der Waals surface area (Å²) in [4.78, 5) is 26.9. The minimum Gasteiger partial charge on any atom is -0.376 e. The number of anilines is 2. The average Bonchev–Trinajstić information content (AvgIpc) is 3.30. The molecule has 0 saturated carbocycles. The smallest absolute Gasteiger partial charge is 0.278 e. The van der Waals surface area contributed by atoms with Crippen LogP contribution in [0.15, 0.2) is 65.6 Å². The van der Waals surface area contributed by atoms with Crippen LogP contribution in [0.3, 0.4) is 0 Å². The fraction of sp³-hybridized carbons (Fsp3) is 0.217. The van der Waals surface area contributed by atoms with Gasteiger partial charge in [-0.05, 0) is 49.2 Å². The first-order chi connectivity index (χ1) is 15.2. The van der Waals surface area contributed by atoms with E-state index in [2.05, 4.69) is 20.3 Å². The highest BCUT2D eigenvalue weighted by Crippen LogP contribution is 2.21. The first kappa shape index (κ1) is 19.3. The summed E-state index contributed by atoms with van der Waals surface area (Å²) < 4.78 is 20.7. The predicted octanol–water partition coefficient (Wildman–Crippen LogP) is 3.92. The van der Waals surface area contributed by atoms with Crippen LogP contribution in [0.4, 0.5) is 16.0 Å². The number of nitrogens with one attached hydrogen (secondary N) is 1. The van der Waals surface area contributed by atoms with E-state index in [1.807, 2.05) is 30.3 Å². The Bertz CT molecular complexity index is 1270. The molecule has 1 atom stereocenters. The van der Waals surface area contributed by atoms with Crippen molar-refractivity contribution in [1.82, 2.24) is 19.5 Å². The number of rotatable bonds is 5. The number of nitrogens with zero attached hydrogens (tertiary/aromatic N) is 4. The molecule has 0 unspecified atom stereocenters. The second-order valence-electron chi connectivity index (χ2n) is 7.41. The largest absolute Gasteiger partial charge is 0.376 e. The molecule has 7 nitrogen and oxygen atoms in total. The van der Waals surface area contributed by atoms with Crippen molar-refractivity contribution in [1.29, 1.82) is 0 Å². The van der Waals surface area contributed by atoms with Crippen LogP contribution in [0.25, 0.3) is 22.4 Å². The quantitative estimate of drug-likeness (QED) is 0.530. The molecular formula is C23H20FN5O2. The highest BCUT2D eigenvalue weighted by molar-refractivity contribution is 5.75. The van der Waals surface area contributed by atoms with E-state index in [0.717, 1.165) is 18.5 Å². The summed E-state index contributed by atoms with van der Waals surface area (Å²) in [6.07, 6.45) is 3.36. The van der Waals surface area contributed by atoms with E-state index in [1.54, 1.807) is 22.9 Å². The average molecular weight is 417 g/mol. The van der Waals surface area contributed by atoms with E-state index in [1.165, 1.54) is 12.1 Å². The summed E-state index contributed by atoms with van der Waals surface area (Å²) in [5.74, 6) is -0.000274. The molecule has 3 heterocycles. The maximum Gasteiger partial charge on any atom is 0.278 e. The Morgan fingerprint density at radius 2 is 1.90 bits per heavy atom. The van der Waals surface area contributed by atoms with Gasteiger partial charge in [0.1, 0.15) is 17.0 Å². The van der Waals surface area contributed by atoms with Crippen molar-refractivity contribution in [2.45, 2.75) is 25.5 Å². The molecule has 1 aliphatic rings. The zero-order valence-corrected chi connectivity index (χ0v) is 16.7. The molecule has 1 aliphatic heterocycles. The molecule has 0 bridgehead atoms. The normalized spacial score (nSPS) is 16.0. The van der Waals surface area contributed by atoms with Crippen molar-refractivity contribution in [3.8, 4) is 11.3 Å². The summed E-state index contributed by atoms with van der Waals surface area (Å²) in [5.41, 5.74) is 2.24. The Morgan fingerprint density at radius 1 is 1.10 bits per heavy atom. The van der Waals surface area contributed by atoms with Gasteiger partial charge in [0.2, 0.25) is 5.95 Å². The fourth-order valence-electron chi connectivity index (χ4n) is 3.70.